The van der Waals surface area contributed by atoms with Gasteiger partial charge in [0.2, 0.25) is 11.8 Å². The third-order valence-electron chi connectivity index (χ3n) is 3.72. The van der Waals surface area contributed by atoms with E-state index in [4.69, 9.17) is 0 Å². The van der Waals surface area contributed by atoms with Crippen LogP contribution in [0.1, 0.15) is 17.5 Å². The van der Waals surface area contributed by atoms with E-state index in [0.717, 1.165) is 29.8 Å². The molecule has 0 bridgehead atoms. The van der Waals surface area contributed by atoms with E-state index in [1.165, 1.54) is 4.90 Å². The minimum atomic E-state index is -4.43. The Hall–Kier alpha value is -2.90. The molecule has 26 heavy (non-hydrogen) atoms. The zero-order chi connectivity index (χ0) is 19.2. The van der Waals surface area contributed by atoms with Crippen molar-refractivity contribution in [2.75, 3.05) is 18.9 Å². The van der Waals surface area contributed by atoms with Crippen molar-refractivity contribution in [3.8, 4) is 0 Å². The van der Waals surface area contributed by atoms with Crippen LogP contribution in [-0.2, 0) is 22.2 Å². The fraction of sp³-hybridized carbons (Fsp3) is 0.278. The van der Waals surface area contributed by atoms with Crippen LogP contribution in [0, 0.1) is 0 Å². The maximum Gasteiger partial charge on any atom is 0.416 e. The first-order valence-corrected chi connectivity index (χ1v) is 7.85. The molecule has 0 aliphatic rings. The van der Waals surface area contributed by atoms with Crippen molar-refractivity contribution in [2.45, 2.75) is 19.0 Å². The number of aromatic nitrogens is 1. The number of benzene rings is 1. The second-order valence-electron chi connectivity index (χ2n) is 5.72. The Labute approximate surface area is 148 Å². The summed E-state index contributed by atoms with van der Waals surface area (Å²) in [4.78, 5) is 29.3. The largest absolute Gasteiger partial charge is 0.416 e. The van der Waals surface area contributed by atoms with Crippen LogP contribution in [0.25, 0.3) is 0 Å². The topological polar surface area (TPSA) is 62.3 Å². The molecule has 1 aromatic heterocycles. The van der Waals surface area contributed by atoms with Gasteiger partial charge in [0.1, 0.15) is 6.42 Å². The van der Waals surface area contributed by atoms with Crippen LogP contribution in [0.3, 0.4) is 0 Å². The van der Waals surface area contributed by atoms with Crippen molar-refractivity contribution in [1.82, 2.24) is 9.88 Å². The monoisotopic (exact) mass is 365 g/mol. The van der Waals surface area contributed by atoms with Gasteiger partial charge in [-0.25, -0.2) is 0 Å². The lowest BCUT2D eigenvalue weighted by Gasteiger charge is -2.17. The molecule has 0 aliphatic heterocycles. The summed E-state index contributed by atoms with van der Waals surface area (Å²) in [6, 6.07) is 7.73. The van der Waals surface area contributed by atoms with Crippen LogP contribution >= 0.6 is 0 Å². The molecule has 0 unspecified atom stereocenters. The Balaban J connectivity index is 1.81. The van der Waals surface area contributed by atoms with Crippen LogP contribution in [0.15, 0.2) is 48.8 Å². The lowest BCUT2D eigenvalue weighted by atomic mass is 10.2. The number of carbonyl (C=O) groups is 2. The number of rotatable bonds is 6. The second kappa shape index (κ2) is 8.46. The molecule has 1 aromatic carbocycles. The minimum Gasteiger partial charge on any atom is -0.345 e. The Morgan fingerprint density at radius 2 is 1.69 bits per heavy atom. The van der Waals surface area contributed by atoms with Crippen molar-refractivity contribution in [3.63, 3.8) is 0 Å². The Kier molecular flexibility index (Phi) is 6.32. The van der Waals surface area contributed by atoms with Crippen molar-refractivity contribution in [3.05, 3.63) is 59.9 Å². The Morgan fingerprint density at radius 3 is 2.27 bits per heavy atom. The van der Waals surface area contributed by atoms with Gasteiger partial charge in [-0.3, -0.25) is 14.6 Å². The van der Waals surface area contributed by atoms with Gasteiger partial charge in [-0.2, -0.15) is 13.2 Å². The smallest absolute Gasteiger partial charge is 0.345 e. The number of halogens is 3. The van der Waals surface area contributed by atoms with Crippen molar-refractivity contribution in [2.24, 2.45) is 0 Å². The highest BCUT2D eigenvalue weighted by Gasteiger charge is 2.30. The zero-order valence-corrected chi connectivity index (χ0v) is 14.1. The van der Waals surface area contributed by atoms with Crippen LogP contribution in [0.5, 0.6) is 0 Å². The first-order valence-electron chi connectivity index (χ1n) is 7.85. The van der Waals surface area contributed by atoms with Crippen molar-refractivity contribution < 1.29 is 22.8 Å². The quantitative estimate of drug-likeness (QED) is 0.800. The summed E-state index contributed by atoms with van der Waals surface area (Å²) in [5, 5.41) is 2.42. The van der Waals surface area contributed by atoms with Crippen LogP contribution in [0.4, 0.5) is 18.9 Å². The molecule has 0 radical (unpaired) electrons. The molecule has 2 rings (SSSR count). The van der Waals surface area contributed by atoms with E-state index in [2.05, 4.69) is 10.3 Å². The van der Waals surface area contributed by atoms with E-state index in [9.17, 15) is 22.8 Å². The summed E-state index contributed by atoms with van der Waals surface area (Å²) in [6.07, 6.45) is -0.863. The summed E-state index contributed by atoms with van der Waals surface area (Å²) < 4.78 is 37.5. The average molecular weight is 365 g/mol. The Bertz CT molecular complexity index is 747. The molecule has 2 aromatic rings. The molecule has 0 atom stereocenters. The highest BCUT2D eigenvalue weighted by molar-refractivity contribution is 6.03. The van der Waals surface area contributed by atoms with E-state index < -0.39 is 17.6 Å². The molecular formula is C18H18F3N3O2. The fourth-order valence-electron chi connectivity index (χ4n) is 2.19. The normalized spacial score (nSPS) is 11.1. The number of pyridine rings is 1. The first-order chi connectivity index (χ1) is 12.3. The fourth-order valence-corrected chi connectivity index (χ4v) is 2.19. The number of hydrogen-bond donors (Lipinski definition) is 1. The SMILES string of the molecule is CN(CCc1ccncc1)C(=O)CC(=O)Nc1ccc(C(F)(F)F)cc1. The second-order valence-corrected chi connectivity index (χ2v) is 5.72. The van der Waals surface area contributed by atoms with E-state index in [1.54, 1.807) is 19.4 Å². The number of alkyl halides is 3. The Morgan fingerprint density at radius 1 is 1.08 bits per heavy atom. The molecule has 0 spiro atoms. The summed E-state index contributed by atoms with van der Waals surface area (Å²) >= 11 is 0. The van der Waals surface area contributed by atoms with Gasteiger partial charge in [0, 0.05) is 31.7 Å². The van der Waals surface area contributed by atoms with Gasteiger partial charge in [-0.15, -0.1) is 0 Å². The van der Waals surface area contributed by atoms with E-state index in [-0.39, 0.29) is 18.0 Å². The number of nitrogens with one attached hydrogen (secondary N) is 1. The van der Waals surface area contributed by atoms with Gasteiger partial charge < -0.3 is 10.2 Å². The molecule has 0 saturated heterocycles. The molecule has 5 nitrogen and oxygen atoms in total. The lowest BCUT2D eigenvalue weighted by Crippen LogP contribution is -2.32. The molecular weight excluding hydrogens is 347 g/mol. The molecule has 1 N–H and O–H groups in total. The van der Waals surface area contributed by atoms with Crippen LogP contribution < -0.4 is 5.32 Å². The van der Waals surface area contributed by atoms with E-state index >= 15 is 0 Å². The number of anilines is 1. The van der Waals surface area contributed by atoms with Crippen LogP contribution in [0.2, 0.25) is 0 Å². The lowest BCUT2D eigenvalue weighted by molar-refractivity contribution is -0.137. The zero-order valence-electron chi connectivity index (χ0n) is 14.1. The van der Waals surface area contributed by atoms with Gasteiger partial charge in [-0.05, 0) is 48.4 Å². The first kappa shape index (κ1) is 19.4. The molecule has 0 aliphatic carbocycles. The summed E-state index contributed by atoms with van der Waals surface area (Å²) in [7, 11) is 1.59. The van der Waals surface area contributed by atoms with Gasteiger partial charge in [0.25, 0.3) is 0 Å². The third kappa shape index (κ3) is 5.87. The maximum atomic E-state index is 12.5. The molecule has 138 valence electrons. The van der Waals surface area contributed by atoms with Gasteiger partial charge in [-0.1, -0.05) is 0 Å². The van der Waals surface area contributed by atoms with E-state index in [1.807, 2.05) is 12.1 Å². The van der Waals surface area contributed by atoms with Crippen LogP contribution in [-0.4, -0.2) is 35.3 Å². The van der Waals surface area contributed by atoms with Gasteiger partial charge >= 0.3 is 6.18 Å². The average Bonchev–Trinajstić information content (AvgIpc) is 2.60. The number of nitrogens with zero attached hydrogens (tertiary/aromatic N) is 2. The van der Waals surface area contributed by atoms with Gasteiger partial charge in [0.05, 0.1) is 5.56 Å². The minimum absolute atomic E-state index is 0.204. The van der Waals surface area contributed by atoms with E-state index in [0.29, 0.717) is 13.0 Å². The standard InChI is InChI=1S/C18H18F3N3O2/c1-24(11-8-13-6-9-22-10-7-13)17(26)12-16(25)23-15-4-2-14(3-5-15)18(19,20)21/h2-7,9-10H,8,11-12H2,1H3,(H,23,25). The maximum absolute atomic E-state index is 12.5. The number of likely N-dealkylation sites (N-methyl/N-ethyl adjacent to an activating group) is 1. The summed E-state index contributed by atoms with van der Waals surface area (Å²) in [5.41, 5.74) is 0.423. The molecule has 8 heteroatoms. The molecule has 0 fully saturated rings. The van der Waals surface area contributed by atoms with Gasteiger partial charge in [0.15, 0.2) is 0 Å². The predicted molar refractivity (Wildman–Crippen MR) is 90.3 cm³/mol. The number of carbonyl (C=O) groups excluding carboxylic acids is 2. The highest BCUT2D eigenvalue weighted by atomic mass is 19.4. The van der Waals surface area contributed by atoms with Crippen molar-refractivity contribution in [1.29, 1.82) is 0 Å². The number of amides is 2. The highest BCUT2D eigenvalue weighted by Crippen LogP contribution is 2.29. The summed E-state index contributed by atoms with van der Waals surface area (Å²) in [5.74, 6) is -0.950. The molecule has 1 heterocycles. The third-order valence-corrected chi connectivity index (χ3v) is 3.72. The number of hydrogen-bond acceptors (Lipinski definition) is 3. The summed E-state index contributed by atoms with van der Waals surface area (Å²) in [6.45, 7) is 0.441. The molecule has 2 amide bonds. The van der Waals surface area contributed by atoms with Crippen molar-refractivity contribution >= 4 is 17.5 Å². The predicted octanol–water partition coefficient (Wildman–Crippen LogP) is 3.13. The molecule has 0 saturated carbocycles.